The quantitative estimate of drug-likeness (QED) is 0.880. The Hall–Kier alpha value is -1.88. The molecule has 0 saturated carbocycles. The van der Waals surface area contributed by atoms with Crippen molar-refractivity contribution >= 4 is 11.8 Å². The summed E-state index contributed by atoms with van der Waals surface area (Å²) in [6.07, 6.45) is 3.20. The van der Waals surface area contributed by atoms with E-state index in [2.05, 4.69) is 39.8 Å². The van der Waals surface area contributed by atoms with Crippen LogP contribution in [0.4, 0.5) is 0 Å². The van der Waals surface area contributed by atoms with Crippen molar-refractivity contribution in [1.82, 2.24) is 15.5 Å². The van der Waals surface area contributed by atoms with Crippen LogP contribution in [0.3, 0.4) is 0 Å². The first-order valence-corrected chi connectivity index (χ1v) is 8.54. The van der Waals surface area contributed by atoms with Gasteiger partial charge >= 0.3 is 0 Å². The molecule has 5 nitrogen and oxygen atoms in total. The van der Waals surface area contributed by atoms with Gasteiger partial charge in [0.15, 0.2) is 0 Å². The number of benzene rings is 1. The third-order valence-corrected chi connectivity index (χ3v) is 4.72. The lowest BCUT2D eigenvalue weighted by atomic mass is 9.95. The molecule has 2 aliphatic heterocycles. The molecule has 23 heavy (non-hydrogen) atoms. The molecule has 2 aliphatic rings. The number of carbonyl (C=O) groups is 2. The molecule has 2 fully saturated rings. The molecule has 2 atom stereocenters. The molecular formula is C18H25N3O2. The molecule has 2 heterocycles. The lowest BCUT2D eigenvalue weighted by Gasteiger charge is -2.34. The van der Waals surface area contributed by atoms with E-state index in [0.717, 1.165) is 38.9 Å². The molecular weight excluding hydrogens is 290 g/mol. The number of piperidine rings is 2. The third-order valence-electron chi connectivity index (χ3n) is 4.72. The Morgan fingerprint density at radius 1 is 1.26 bits per heavy atom. The van der Waals surface area contributed by atoms with Crippen LogP contribution in [0.1, 0.15) is 31.2 Å². The molecule has 5 heteroatoms. The van der Waals surface area contributed by atoms with Crippen LogP contribution in [-0.4, -0.2) is 42.4 Å². The van der Waals surface area contributed by atoms with Gasteiger partial charge in [0.25, 0.3) is 0 Å². The Labute approximate surface area is 137 Å². The Kier molecular flexibility index (Phi) is 5.28. The van der Waals surface area contributed by atoms with Crippen molar-refractivity contribution in [1.29, 1.82) is 0 Å². The van der Waals surface area contributed by atoms with E-state index in [0.29, 0.717) is 13.0 Å². The topological polar surface area (TPSA) is 61.4 Å². The number of hydrogen-bond donors (Lipinski definition) is 2. The summed E-state index contributed by atoms with van der Waals surface area (Å²) in [5.74, 6) is -0.120. The van der Waals surface area contributed by atoms with Crippen LogP contribution in [0.15, 0.2) is 30.3 Å². The highest BCUT2D eigenvalue weighted by Crippen LogP contribution is 2.17. The maximum atomic E-state index is 12.4. The number of nitrogens with one attached hydrogen (secondary N) is 2. The Bertz CT molecular complexity index is 546. The van der Waals surface area contributed by atoms with Crippen molar-refractivity contribution in [3.8, 4) is 0 Å². The second kappa shape index (κ2) is 7.59. The molecule has 3 rings (SSSR count). The number of nitrogens with zero attached hydrogens (tertiary/aromatic N) is 1. The molecule has 0 spiro atoms. The third kappa shape index (κ3) is 4.55. The molecule has 0 bridgehead atoms. The highest BCUT2D eigenvalue weighted by molar-refractivity contribution is 5.87. The van der Waals surface area contributed by atoms with Crippen LogP contribution >= 0.6 is 0 Å². The first-order valence-electron chi connectivity index (χ1n) is 8.54. The summed E-state index contributed by atoms with van der Waals surface area (Å²) in [5.41, 5.74) is 1.31. The minimum atomic E-state index is -0.159. The van der Waals surface area contributed by atoms with Gasteiger partial charge in [-0.3, -0.25) is 14.5 Å². The smallest absolute Gasteiger partial charge is 0.223 e. The molecule has 0 aromatic heterocycles. The lowest BCUT2D eigenvalue weighted by molar-refractivity contribution is -0.133. The van der Waals surface area contributed by atoms with Gasteiger partial charge in [-0.15, -0.1) is 0 Å². The summed E-state index contributed by atoms with van der Waals surface area (Å²) < 4.78 is 0. The SMILES string of the molecule is O=C1CC(C(=O)NC2CCCN(Cc3ccccc3)C2)CCN1. The van der Waals surface area contributed by atoms with Crippen molar-refractivity contribution < 1.29 is 9.59 Å². The number of likely N-dealkylation sites (tertiary alicyclic amines) is 1. The molecule has 1 aromatic rings. The van der Waals surface area contributed by atoms with Gasteiger partial charge in [-0.1, -0.05) is 30.3 Å². The van der Waals surface area contributed by atoms with E-state index < -0.39 is 0 Å². The molecule has 2 saturated heterocycles. The summed E-state index contributed by atoms with van der Waals surface area (Å²) in [4.78, 5) is 26.2. The van der Waals surface area contributed by atoms with Gasteiger partial charge in [0.05, 0.1) is 0 Å². The van der Waals surface area contributed by atoms with Gasteiger partial charge in [0.1, 0.15) is 0 Å². The number of hydrogen-bond acceptors (Lipinski definition) is 3. The van der Waals surface area contributed by atoms with E-state index in [1.807, 2.05) is 6.07 Å². The van der Waals surface area contributed by atoms with E-state index >= 15 is 0 Å². The van der Waals surface area contributed by atoms with Gasteiger partial charge in [-0.2, -0.15) is 0 Å². The van der Waals surface area contributed by atoms with E-state index in [1.54, 1.807) is 0 Å². The van der Waals surface area contributed by atoms with E-state index in [-0.39, 0.29) is 23.8 Å². The van der Waals surface area contributed by atoms with Gasteiger partial charge < -0.3 is 10.6 Å². The zero-order chi connectivity index (χ0) is 16.1. The van der Waals surface area contributed by atoms with Crippen LogP contribution in [-0.2, 0) is 16.1 Å². The fourth-order valence-electron chi connectivity index (χ4n) is 3.49. The zero-order valence-corrected chi connectivity index (χ0v) is 13.5. The average Bonchev–Trinajstić information content (AvgIpc) is 2.56. The van der Waals surface area contributed by atoms with Gasteiger partial charge in [0, 0.05) is 38.0 Å². The van der Waals surface area contributed by atoms with Gasteiger partial charge in [-0.25, -0.2) is 0 Å². The first kappa shape index (κ1) is 16.0. The van der Waals surface area contributed by atoms with Crippen molar-refractivity contribution in [3.63, 3.8) is 0 Å². The lowest BCUT2D eigenvalue weighted by Crippen LogP contribution is -2.50. The van der Waals surface area contributed by atoms with Gasteiger partial charge in [-0.05, 0) is 31.4 Å². The molecule has 2 amide bonds. The highest BCUT2D eigenvalue weighted by Gasteiger charge is 2.28. The largest absolute Gasteiger partial charge is 0.356 e. The summed E-state index contributed by atoms with van der Waals surface area (Å²) in [6.45, 7) is 3.51. The predicted octanol–water partition coefficient (Wildman–Crippen LogP) is 1.29. The molecule has 1 aromatic carbocycles. The minimum Gasteiger partial charge on any atom is -0.356 e. The minimum absolute atomic E-state index is 0.00857. The molecule has 124 valence electrons. The number of carbonyl (C=O) groups excluding carboxylic acids is 2. The number of rotatable bonds is 4. The van der Waals surface area contributed by atoms with Crippen molar-refractivity contribution in [3.05, 3.63) is 35.9 Å². The fraction of sp³-hybridized carbons (Fsp3) is 0.556. The van der Waals surface area contributed by atoms with E-state index in [4.69, 9.17) is 0 Å². The summed E-state index contributed by atoms with van der Waals surface area (Å²) in [6, 6.07) is 10.6. The second-order valence-corrected chi connectivity index (χ2v) is 6.61. The standard InChI is InChI=1S/C18H25N3O2/c22-17-11-15(8-9-19-17)18(23)20-16-7-4-10-21(13-16)12-14-5-2-1-3-6-14/h1-3,5-6,15-16H,4,7-13H2,(H,19,22)(H,20,23). The van der Waals surface area contributed by atoms with Crippen molar-refractivity contribution in [2.75, 3.05) is 19.6 Å². The van der Waals surface area contributed by atoms with E-state index in [9.17, 15) is 9.59 Å². The summed E-state index contributed by atoms with van der Waals surface area (Å²) in [5, 5.41) is 5.94. The molecule has 2 N–H and O–H groups in total. The number of amides is 2. The Balaban J connectivity index is 1.50. The van der Waals surface area contributed by atoms with Crippen molar-refractivity contribution in [2.45, 2.75) is 38.3 Å². The Morgan fingerprint density at radius 2 is 2.09 bits per heavy atom. The van der Waals surface area contributed by atoms with Crippen molar-refractivity contribution in [2.24, 2.45) is 5.92 Å². The van der Waals surface area contributed by atoms with Crippen LogP contribution in [0.5, 0.6) is 0 Å². The van der Waals surface area contributed by atoms with Crippen LogP contribution in [0, 0.1) is 5.92 Å². The maximum Gasteiger partial charge on any atom is 0.223 e. The monoisotopic (exact) mass is 315 g/mol. The van der Waals surface area contributed by atoms with Crippen LogP contribution in [0.25, 0.3) is 0 Å². The first-order chi connectivity index (χ1) is 11.2. The zero-order valence-electron chi connectivity index (χ0n) is 13.5. The van der Waals surface area contributed by atoms with Crippen LogP contribution < -0.4 is 10.6 Å². The van der Waals surface area contributed by atoms with Gasteiger partial charge in [0.2, 0.25) is 11.8 Å². The maximum absolute atomic E-state index is 12.4. The van der Waals surface area contributed by atoms with Crippen LogP contribution in [0.2, 0.25) is 0 Å². The molecule has 0 aliphatic carbocycles. The Morgan fingerprint density at radius 3 is 2.87 bits per heavy atom. The second-order valence-electron chi connectivity index (χ2n) is 6.61. The summed E-state index contributed by atoms with van der Waals surface area (Å²) in [7, 11) is 0. The predicted molar refractivity (Wildman–Crippen MR) is 88.6 cm³/mol. The summed E-state index contributed by atoms with van der Waals surface area (Å²) >= 11 is 0. The average molecular weight is 315 g/mol. The normalized spacial score (nSPS) is 25.7. The molecule has 2 unspecified atom stereocenters. The fourth-order valence-corrected chi connectivity index (χ4v) is 3.49. The highest BCUT2D eigenvalue weighted by atomic mass is 16.2. The molecule has 0 radical (unpaired) electrons. The van der Waals surface area contributed by atoms with E-state index in [1.165, 1.54) is 5.56 Å².